The van der Waals surface area contributed by atoms with E-state index in [0.717, 1.165) is 16.3 Å². The predicted molar refractivity (Wildman–Crippen MR) is 77.6 cm³/mol. The third-order valence-electron chi connectivity index (χ3n) is 2.80. The molecule has 0 aliphatic carbocycles. The van der Waals surface area contributed by atoms with Crippen LogP contribution >= 0.6 is 0 Å². The summed E-state index contributed by atoms with van der Waals surface area (Å²) in [6, 6.07) is 8.07. The largest absolute Gasteiger partial charge is 0.505 e. The molecule has 0 aliphatic rings. The third kappa shape index (κ3) is 3.26. The second-order valence-electron chi connectivity index (χ2n) is 4.51. The molecule has 0 aliphatic heterocycles. The Hall–Kier alpha value is -2.67. The molecule has 0 atom stereocenters. The maximum absolute atomic E-state index is 11.9. The highest BCUT2D eigenvalue weighted by Crippen LogP contribution is 2.13. The molecule has 0 bridgehead atoms. The molecule has 1 heterocycles. The maximum Gasteiger partial charge on any atom is 0.275 e. The number of nitrogens with zero attached hydrogens (tertiary/aromatic N) is 2. The molecular weight excluding hydrogens is 272 g/mol. The number of amides is 1. The summed E-state index contributed by atoms with van der Waals surface area (Å²) in [5.41, 5.74) is 6.03. The first-order valence-corrected chi connectivity index (χ1v) is 6.41. The Kier molecular flexibility index (Phi) is 4.34. The van der Waals surface area contributed by atoms with Crippen molar-refractivity contribution in [3.63, 3.8) is 0 Å². The van der Waals surface area contributed by atoms with Crippen molar-refractivity contribution in [3.8, 4) is 11.4 Å². The minimum atomic E-state index is -0.584. The second-order valence-corrected chi connectivity index (χ2v) is 4.51. The fourth-order valence-corrected chi connectivity index (χ4v) is 1.82. The van der Waals surface area contributed by atoms with Crippen molar-refractivity contribution in [2.45, 2.75) is 6.92 Å². The quantitative estimate of drug-likeness (QED) is 0.729. The summed E-state index contributed by atoms with van der Waals surface area (Å²) in [4.78, 5) is 23.8. The van der Waals surface area contributed by atoms with Gasteiger partial charge in [0.2, 0.25) is 0 Å². The second kappa shape index (κ2) is 6.19. The van der Waals surface area contributed by atoms with Crippen LogP contribution in [0.15, 0.2) is 35.1 Å². The van der Waals surface area contributed by atoms with E-state index in [1.54, 1.807) is 18.2 Å². The number of hydrogen-bond acceptors (Lipinski definition) is 5. The molecule has 4 N–H and O–H groups in total. The lowest BCUT2D eigenvalue weighted by Gasteiger charge is -2.09. The van der Waals surface area contributed by atoms with Crippen molar-refractivity contribution in [1.29, 1.82) is 0 Å². The van der Waals surface area contributed by atoms with Gasteiger partial charge in [0.15, 0.2) is 11.4 Å². The molecule has 0 unspecified atom stereocenters. The van der Waals surface area contributed by atoms with E-state index in [9.17, 15) is 14.7 Å². The van der Waals surface area contributed by atoms with E-state index in [1.165, 1.54) is 0 Å². The Balaban J connectivity index is 2.48. The number of nitrogens with two attached hydrogens (primary N) is 1. The summed E-state index contributed by atoms with van der Waals surface area (Å²) in [6.07, 6.45) is 0. The van der Waals surface area contributed by atoms with Crippen LogP contribution in [0.25, 0.3) is 5.69 Å². The van der Waals surface area contributed by atoms with Gasteiger partial charge in [-0.1, -0.05) is 12.1 Å². The molecule has 2 aromatic rings. The molecule has 7 heteroatoms. The Morgan fingerprint density at radius 3 is 2.86 bits per heavy atom. The van der Waals surface area contributed by atoms with Crippen LogP contribution in [-0.2, 0) is 0 Å². The fraction of sp³-hybridized carbons (Fsp3) is 0.214. The highest BCUT2D eigenvalue weighted by molar-refractivity contribution is 5.94. The summed E-state index contributed by atoms with van der Waals surface area (Å²) in [7, 11) is 0. The average Bonchev–Trinajstić information content (AvgIpc) is 2.44. The van der Waals surface area contributed by atoms with Crippen LogP contribution in [0.1, 0.15) is 16.1 Å². The van der Waals surface area contributed by atoms with Gasteiger partial charge in [0, 0.05) is 19.2 Å². The van der Waals surface area contributed by atoms with Crippen molar-refractivity contribution in [2.75, 3.05) is 13.1 Å². The number of rotatable bonds is 4. The fourth-order valence-electron chi connectivity index (χ4n) is 1.82. The zero-order valence-electron chi connectivity index (χ0n) is 11.5. The van der Waals surface area contributed by atoms with Gasteiger partial charge in [0.1, 0.15) is 0 Å². The molecule has 0 radical (unpaired) electrons. The molecule has 110 valence electrons. The van der Waals surface area contributed by atoms with Gasteiger partial charge in [0.05, 0.1) is 5.69 Å². The van der Waals surface area contributed by atoms with Gasteiger partial charge < -0.3 is 16.2 Å². The Bertz CT molecular complexity index is 724. The highest BCUT2D eigenvalue weighted by atomic mass is 16.3. The van der Waals surface area contributed by atoms with E-state index in [-0.39, 0.29) is 18.8 Å². The molecule has 21 heavy (non-hydrogen) atoms. The molecule has 0 saturated carbocycles. The van der Waals surface area contributed by atoms with Crippen LogP contribution in [0.3, 0.4) is 0 Å². The van der Waals surface area contributed by atoms with E-state index < -0.39 is 17.2 Å². The lowest BCUT2D eigenvalue weighted by Crippen LogP contribution is -2.32. The van der Waals surface area contributed by atoms with Crippen LogP contribution < -0.4 is 16.6 Å². The zero-order valence-corrected chi connectivity index (χ0v) is 11.5. The Labute approximate surface area is 121 Å². The van der Waals surface area contributed by atoms with E-state index in [4.69, 9.17) is 5.73 Å². The molecule has 0 fully saturated rings. The van der Waals surface area contributed by atoms with E-state index in [2.05, 4.69) is 10.4 Å². The van der Waals surface area contributed by atoms with Crippen LogP contribution in [0, 0.1) is 6.92 Å². The summed E-state index contributed by atoms with van der Waals surface area (Å²) in [5, 5.41) is 16.2. The van der Waals surface area contributed by atoms with Crippen LogP contribution in [-0.4, -0.2) is 33.9 Å². The molecule has 2 rings (SSSR count). The number of aryl methyl sites for hydroxylation is 1. The molecule has 1 amide bonds. The average molecular weight is 288 g/mol. The highest BCUT2D eigenvalue weighted by Gasteiger charge is 2.16. The van der Waals surface area contributed by atoms with Gasteiger partial charge >= 0.3 is 0 Å². The van der Waals surface area contributed by atoms with Gasteiger partial charge in [-0.3, -0.25) is 9.59 Å². The summed E-state index contributed by atoms with van der Waals surface area (Å²) < 4.78 is 1.07. The third-order valence-corrected chi connectivity index (χ3v) is 2.80. The van der Waals surface area contributed by atoms with Crippen molar-refractivity contribution >= 4 is 5.91 Å². The maximum atomic E-state index is 11.9. The number of hydrogen-bond donors (Lipinski definition) is 3. The minimum absolute atomic E-state index is 0.218. The minimum Gasteiger partial charge on any atom is -0.505 e. The van der Waals surface area contributed by atoms with Crippen LogP contribution in [0.2, 0.25) is 0 Å². The van der Waals surface area contributed by atoms with Crippen molar-refractivity contribution in [2.24, 2.45) is 5.73 Å². The Morgan fingerprint density at radius 1 is 1.43 bits per heavy atom. The number of aromatic hydroxyl groups is 1. The van der Waals surface area contributed by atoms with Gasteiger partial charge in [-0.05, 0) is 24.6 Å². The number of aromatic nitrogens is 2. The number of carbonyl (C=O) groups is 1. The van der Waals surface area contributed by atoms with Crippen molar-refractivity contribution in [1.82, 2.24) is 15.1 Å². The van der Waals surface area contributed by atoms with Gasteiger partial charge in [-0.25, -0.2) is 0 Å². The van der Waals surface area contributed by atoms with Crippen LogP contribution in [0.5, 0.6) is 5.75 Å². The van der Waals surface area contributed by atoms with Gasteiger partial charge in [-0.2, -0.15) is 9.78 Å². The number of benzene rings is 1. The van der Waals surface area contributed by atoms with Crippen molar-refractivity contribution in [3.05, 3.63) is 51.9 Å². The molecule has 1 aromatic heterocycles. The summed E-state index contributed by atoms with van der Waals surface area (Å²) in [6.45, 7) is 2.40. The van der Waals surface area contributed by atoms with E-state index >= 15 is 0 Å². The Morgan fingerprint density at radius 2 is 2.19 bits per heavy atom. The normalized spacial score (nSPS) is 10.4. The molecule has 0 saturated heterocycles. The van der Waals surface area contributed by atoms with Crippen molar-refractivity contribution < 1.29 is 9.90 Å². The first-order chi connectivity index (χ1) is 10.0. The van der Waals surface area contributed by atoms with Gasteiger partial charge in [-0.15, -0.1) is 0 Å². The van der Waals surface area contributed by atoms with E-state index in [0.29, 0.717) is 5.69 Å². The number of nitrogens with one attached hydrogen (secondary N) is 1. The monoisotopic (exact) mass is 288 g/mol. The molecule has 0 spiro atoms. The SMILES string of the molecule is Cc1cccc(-n2nc(C(=O)NCCN)c(O)cc2=O)c1. The first kappa shape index (κ1) is 14.7. The topological polar surface area (TPSA) is 110 Å². The summed E-state index contributed by atoms with van der Waals surface area (Å²) >= 11 is 0. The van der Waals surface area contributed by atoms with Gasteiger partial charge in [0.25, 0.3) is 11.5 Å². The number of carbonyl (C=O) groups excluding carboxylic acids is 1. The molecular formula is C14H16N4O3. The first-order valence-electron chi connectivity index (χ1n) is 6.41. The zero-order chi connectivity index (χ0) is 15.4. The summed E-state index contributed by atoms with van der Waals surface area (Å²) in [5.74, 6) is -1.04. The van der Waals surface area contributed by atoms with Crippen LogP contribution in [0.4, 0.5) is 0 Å². The smallest absolute Gasteiger partial charge is 0.275 e. The molecule has 7 nitrogen and oxygen atoms in total. The molecule has 1 aromatic carbocycles. The predicted octanol–water partition coefficient (Wildman–Crippen LogP) is -0.0650. The lowest BCUT2D eigenvalue weighted by molar-refractivity contribution is 0.0945. The van der Waals surface area contributed by atoms with E-state index in [1.807, 2.05) is 13.0 Å². The lowest BCUT2D eigenvalue weighted by atomic mass is 10.2. The standard InChI is InChI=1S/C14H16N4O3/c1-9-3-2-4-10(7-9)18-12(20)8-11(19)13(17-18)14(21)16-6-5-15/h2-4,7-8,19H,5-6,15H2,1H3,(H,16,21).